The Morgan fingerprint density at radius 2 is 1.43 bits per heavy atom. The minimum absolute atomic E-state index is 0.149. The van der Waals surface area contributed by atoms with Crippen molar-refractivity contribution >= 4 is 33.4 Å². The van der Waals surface area contributed by atoms with E-state index in [9.17, 15) is 13.2 Å². The number of rotatable bonds is 7. The van der Waals surface area contributed by atoms with Crippen molar-refractivity contribution in [2.75, 3.05) is 49.1 Å². The van der Waals surface area contributed by atoms with Gasteiger partial charge in [-0.15, -0.1) is 0 Å². The molecule has 1 saturated heterocycles. The molecule has 182 valence electrons. The number of para-hydroxylation sites is 2. The van der Waals surface area contributed by atoms with E-state index in [1.807, 2.05) is 36.4 Å². The zero-order valence-corrected chi connectivity index (χ0v) is 20.2. The van der Waals surface area contributed by atoms with E-state index in [-0.39, 0.29) is 11.4 Å². The highest BCUT2D eigenvalue weighted by Gasteiger charge is 2.41. The smallest absolute Gasteiger partial charge is 0.338 e. The molecule has 0 spiro atoms. The van der Waals surface area contributed by atoms with Crippen molar-refractivity contribution in [1.29, 1.82) is 0 Å². The van der Waals surface area contributed by atoms with Crippen LogP contribution in [0.4, 0.5) is 22.1 Å². The summed E-state index contributed by atoms with van der Waals surface area (Å²) < 4.78 is 27.6. The van der Waals surface area contributed by atoms with E-state index in [0.29, 0.717) is 17.8 Å². The maximum absolute atomic E-state index is 13.4. The highest BCUT2D eigenvalue weighted by atomic mass is 32.2. The number of urea groups is 1. The van der Waals surface area contributed by atoms with Gasteiger partial charge >= 0.3 is 6.03 Å². The number of nitrogens with zero attached hydrogens (tertiary/aromatic N) is 6. The van der Waals surface area contributed by atoms with Gasteiger partial charge in [-0.05, 0) is 49.7 Å². The first-order valence-corrected chi connectivity index (χ1v) is 13.2. The number of benzene rings is 2. The van der Waals surface area contributed by atoms with E-state index in [1.165, 1.54) is 4.90 Å². The van der Waals surface area contributed by atoms with Crippen LogP contribution >= 0.6 is 0 Å². The number of fused-ring (bicyclic) bond motifs is 1. The second kappa shape index (κ2) is 10.0. The first-order valence-electron chi connectivity index (χ1n) is 11.8. The van der Waals surface area contributed by atoms with Gasteiger partial charge in [0.05, 0.1) is 11.4 Å². The summed E-state index contributed by atoms with van der Waals surface area (Å²) in [6.45, 7) is 4.50. The maximum atomic E-state index is 13.4. The number of aromatic nitrogens is 2. The summed E-state index contributed by atoms with van der Waals surface area (Å²) in [5, 5.41) is 0. The number of anilines is 3. The average Bonchev–Trinajstić information content (AvgIpc) is 2.90. The van der Waals surface area contributed by atoms with Crippen molar-refractivity contribution in [3.05, 3.63) is 73.1 Å². The van der Waals surface area contributed by atoms with Gasteiger partial charge in [0.15, 0.2) is 0 Å². The zero-order valence-electron chi connectivity index (χ0n) is 19.4. The maximum Gasteiger partial charge on any atom is 0.343 e. The molecule has 0 unspecified atom stereocenters. The minimum atomic E-state index is -3.91. The molecule has 0 radical (unpaired) electrons. The molecule has 2 aromatic carbocycles. The second-order valence-electron chi connectivity index (χ2n) is 8.58. The minimum Gasteiger partial charge on any atom is -0.338 e. The Labute approximate surface area is 205 Å². The third kappa shape index (κ3) is 4.71. The highest BCUT2D eigenvalue weighted by molar-refractivity contribution is 7.90. The molecule has 9 nitrogen and oxygen atoms in total. The van der Waals surface area contributed by atoms with E-state index in [4.69, 9.17) is 0 Å². The molecule has 3 aromatic rings. The Kier molecular flexibility index (Phi) is 6.65. The van der Waals surface area contributed by atoms with E-state index in [0.717, 1.165) is 49.4 Å². The van der Waals surface area contributed by atoms with E-state index < -0.39 is 16.1 Å². The summed E-state index contributed by atoms with van der Waals surface area (Å²) >= 11 is 0. The third-order valence-corrected chi connectivity index (χ3v) is 8.21. The predicted molar refractivity (Wildman–Crippen MR) is 134 cm³/mol. The molecule has 3 heterocycles. The van der Waals surface area contributed by atoms with Crippen LogP contribution in [0.2, 0.25) is 0 Å². The van der Waals surface area contributed by atoms with Crippen molar-refractivity contribution in [1.82, 2.24) is 19.2 Å². The second-order valence-corrected chi connectivity index (χ2v) is 10.4. The number of piperazine rings is 1. The zero-order chi connectivity index (χ0) is 24.3. The van der Waals surface area contributed by atoms with Crippen LogP contribution in [-0.2, 0) is 10.0 Å². The average molecular weight is 493 g/mol. The quantitative estimate of drug-likeness (QED) is 0.467. The number of unbranched alkanes of at least 4 members (excludes halogenated alkanes) is 1. The molecule has 0 atom stereocenters. The molecule has 0 saturated carbocycles. The van der Waals surface area contributed by atoms with Gasteiger partial charge in [-0.2, -0.15) is 0 Å². The van der Waals surface area contributed by atoms with Crippen LogP contribution in [0, 0.1) is 0 Å². The molecule has 5 rings (SSSR count). The van der Waals surface area contributed by atoms with Crippen LogP contribution in [-0.4, -0.2) is 72.9 Å². The van der Waals surface area contributed by atoms with Gasteiger partial charge in [-0.1, -0.05) is 30.3 Å². The van der Waals surface area contributed by atoms with E-state index in [1.54, 1.807) is 36.7 Å². The molecule has 1 aromatic heterocycles. The summed E-state index contributed by atoms with van der Waals surface area (Å²) in [6.07, 6.45) is 4.90. The van der Waals surface area contributed by atoms with Crippen molar-refractivity contribution < 1.29 is 13.2 Å². The number of sulfonamides is 1. The SMILES string of the molecule is O=C1N(c2ccccc2)c2ccccc2S(=O)(=O)N1CCCCN1CCN(c2ncccn2)CC1. The molecule has 10 heteroatoms. The summed E-state index contributed by atoms with van der Waals surface area (Å²) in [5.41, 5.74) is 1.03. The topological polar surface area (TPSA) is 90.0 Å². The standard InChI is InChI=1S/C25H28N6O3S/c32-25-30(16-7-6-15-28-17-19-29(20-18-28)24-26-13-8-14-27-24)35(33,34)23-12-5-4-11-22(23)31(25)21-9-2-1-3-10-21/h1-5,8-14H,6-7,15-20H2. The molecule has 1 fully saturated rings. The number of carbonyl (C=O) groups is 1. The van der Waals surface area contributed by atoms with Crippen LogP contribution in [0.25, 0.3) is 0 Å². The largest absolute Gasteiger partial charge is 0.343 e. The monoisotopic (exact) mass is 492 g/mol. The molecule has 0 aliphatic carbocycles. The molecule has 35 heavy (non-hydrogen) atoms. The lowest BCUT2D eigenvalue weighted by Gasteiger charge is -2.36. The number of carbonyl (C=O) groups excluding carboxylic acids is 1. The van der Waals surface area contributed by atoms with Gasteiger partial charge in [-0.25, -0.2) is 27.5 Å². The van der Waals surface area contributed by atoms with Crippen LogP contribution < -0.4 is 9.80 Å². The summed E-state index contributed by atoms with van der Waals surface area (Å²) in [4.78, 5) is 28.2. The Hall–Kier alpha value is -3.50. The van der Waals surface area contributed by atoms with Crippen LogP contribution in [0.1, 0.15) is 12.8 Å². The molecule has 2 aliphatic heterocycles. The number of hydrogen-bond acceptors (Lipinski definition) is 7. The lowest BCUT2D eigenvalue weighted by Crippen LogP contribution is -2.49. The molecule has 2 amide bonds. The molecule has 0 bridgehead atoms. The summed E-state index contributed by atoms with van der Waals surface area (Å²) in [6, 6.07) is 17.1. The normalized spacial score (nSPS) is 17.9. The molecule has 0 N–H and O–H groups in total. The Morgan fingerprint density at radius 3 is 2.17 bits per heavy atom. The predicted octanol–water partition coefficient (Wildman–Crippen LogP) is 3.34. The van der Waals surface area contributed by atoms with Gasteiger partial charge in [0.2, 0.25) is 5.95 Å². The van der Waals surface area contributed by atoms with Gasteiger partial charge in [-0.3, -0.25) is 9.80 Å². The molecular weight excluding hydrogens is 464 g/mol. The van der Waals surface area contributed by atoms with Gasteiger partial charge in [0.1, 0.15) is 4.90 Å². The van der Waals surface area contributed by atoms with Crippen LogP contribution in [0.15, 0.2) is 78.0 Å². The van der Waals surface area contributed by atoms with Crippen LogP contribution in [0.3, 0.4) is 0 Å². The van der Waals surface area contributed by atoms with Crippen molar-refractivity contribution in [2.45, 2.75) is 17.7 Å². The third-order valence-electron chi connectivity index (χ3n) is 6.39. The van der Waals surface area contributed by atoms with Gasteiger partial charge in [0, 0.05) is 45.1 Å². The Balaban J connectivity index is 1.21. The first-order chi connectivity index (χ1) is 17.1. The van der Waals surface area contributed by atoms with Gasteiger partial charge in [0.25, 0.3) is 10.0 Å². The Morgan fingerprint density at radius 1 is 0.771 bits per heavy atom. The summed E-state index contributed by atoms with van der Waals surface area (Å²) in [7, 11) is -3.91. The first kappa shape index (κ1) is 23.3. The molecular formula is C25H28N6O3S. The fourth-order valence-corrected chi connectivity index (χ4v) is 6.12. The van der Waals surface area contributed by atoms with Gasteiger partial charge < -0.3 is 4.90 Å². The lowest BCUT2D eigenvalue weighted by molar-refractivity contribution is 0.226. The highest BCUT2D eigenvalue weighted by Crippen LogP contribution is 2.38. The van der Waals surface area contributed by atoms with E-state index in [2.05, 4.69) is 19.8 Å². The number of hydrogen-bond donors (Lipinski definition) is 0. The number of amides is 2. The van der Waals surface area contributed by atoms with Crippen molar-refractivity contribution in [2.24, 2.45) is 0 Å². The molecule has 2 aliphatic rings. The van der Waals surface area contributed by atoms with Crippen LogP contribution in [0.5, 0.6) is 0 Å². The fraction of sp³-hybridized carbons (Fsp3) is 0.320. The lowest BCUT2D eigenvalue weighted by atomic mass is 10.2. The fourth-order valence-electron chi connectivity index (χ4n) is 4.56. The Bertz CT molecular complexity index is 1260. The van der Waals surface area contributed by atoms with Crippen molar-refractivity contribution in [3.63, 3.8) is 0 Å². The summed E-state index contributed by atoms with van der Waals surface area (Å²) in [5.74, 6) is 0.754. The van der Waals surface area contributed by atoms with E-state index >= 15 is 0 Å². The van der Waals surface area contributed by atoms with Crippen molar-refractivity contribution in [3.8, 4) is 0 Å².